The minimum absolute atomic E-state index is 0.0189. The van der Waals surface area contributed by atoms with Crippen LogP contribution in [0.25, 0.3) is 0 Å². The van der Waals surface area contributed by atoms with Crippen molar-refractivity contribution in [2.24, 2.45) is 5.92 Å². The summed E-state index contributed by atoms with van der Waals surface area (Å²) in [4.78, 5) is 2.01. The van der Waals surface area contributed by atoms with Gasteiger partial charge in [-0.1, -0.05) is 16.1 Å². The van der Waals surface area contributed by atoms with Gasteiger partial charge in [0, 0.05) is 24.6 Å². The number of hydrogen-bond acceptors (Lipinski definition) is 5. The zero-order chi connectivity index (χ0) is 10.6. The Morgan fingerprint density at radius 2 is 2.43 bits per heavy atom. The summed E-state index contributed by atoms with van der Waals surface area (Å²) >= 11 is 7.04. The molecule has 0 radical (unpaired) electrons. The maximum atomic E-state index is 8.64. The van der Waals surface area contributed by atoms with Gasteiger partial charge in [-0.3, -0.25) is 4.90 Å². The van der Waals surface area contributed by atoms with E-state index in [2.05, 4.69) is 15.7 Å². The smallest absolute Gasteiger partial charge is 0.138 e. The fourth-order valence-corrected chi connectivity index (χ4v) is 1.73. The second-order valence-corrected chi connectivity index (χ2v) is 4.58. The molecule has 6 heteroatoms. The Balaban J connectivity index is 2.46. The lowest BCUT2D eigenvalue weighted by atomic mass is 10.2. The first-order valence-electron chi connectivity index (χ1n) is 4.18. The van der Waals surface area contributed by atoms with Crippen LogP contribution in [-0.4, -0.2) is 28.1 Å². The molecule has 0 aliphatic rings. The lowest BCUT2D eigenvalue weighted by molar-refractivity contribution is 0.299. The van der Waals surface area contributed by atoms with Gasteiger partial charge in [0.05, 0.1) is 12.0 Å². The van der Waals surface area contributed by atoms with Crippen molar-refractivity contribution in [3.63, 3.8) is 0 Å². The molecule has 0 spiro atoms. The molecular formula is C8H11ClN4S. The van der Waals surface area contributed by atoms with Crippen LogP contribution in [0.3, 0.4) is 0 Å². The summed E-state index contributed by atoms with van der Waals surface area (Å²) < 4.78 is 4.37. The fraction of sp³-hybridized carbons (Fsp3) is 0.625. The number of hydrogen-bond donors (Lipinski definition) is 0. The average Bonchev–Trinajstić information content (AvgIpc) is 2.51. The predicted octanol–water partition coefficient (Wildman–Crippen LogP) is 1.78. The molecule has 0 aliphatic heterocycles. The first-order chi connectivity index (χ1) is 6.63. The molecule has 1 heterocycles. The molecule has 1 rings (SSSR count). The molecule has 1 unspecified atom stereocenters. The van der Waals surface area contributed by atoms with E-state index in [0.29, 0.717) is 17.4 Å². The van der Waals surface area contributed by atoms with Crippen LogP contribution in [0.5, 0.6) is 0 Å². The van der Waals surface area contributed by atoms with Crippen molar-refractivity contribution < 1.29 is 0 Å². The van der Waals surface area contributed by atoms with Gasteiger partial charge in [-0.2, -0.15) is 5.26 Å². The largest absolute Gasteiger partial charge is 0.299 e. The third-order valence-corrected chi connectivity index (χ3v) is 2.72. The van der Waals surface area contributed by atoms with Crippen LogP contribution in [0.1, 0.15) is 12.6 Å². The Labute approximate surface area is 92.3 Å². The highest BCUT2D eigenvalue weighted by atomic mass is 35.5. The van der Waals surface area contributed by atoms with Crippen molar-refractivity contribution >= 4 is 23.1 Å². The van der Waals surface area contributed by atoms with Crippen molar-refractivity contribution in [1.82, 2.24) is 14.5 Å². The van der Waals surface area contributed by atoms with E-state index in [-0.39, 0.29) is 5.92 Å². The SMILES string of the molecule is CC(C#N)CN(C)Cc1nnsc1Cl. The Morgan fingerprint density at radius 1 is 1.71 bits per heavy atom. The monoisotopic (exact) mass is 230 g/mol. The van der Waals surface area contributed by atoms with E-state index in [1.165, 1.54) is 11.5 Å². The molecule has 0 fully saturated rings. The van der Waals surface area contributed by atoms with Crippen LogP contribution in [-0.2, 0) is 6.54 Å². The van der Waals surface area contributed by atoms with Crippen molar-refractivity contribution in [3.8, 4) is 6.07 Å². The lowest BCUT2D eigenvalue weighted by Crippen LogP contribution is -2.23. The van der Waals surface area contributed by atoms with E-state index < -0.39 is 0 Å². The van der Waals surface area contributed by atoms with E-state index in [0.717, 1.165) is 5.69 Å². The average molecular weight is 231 g/mol. The van der Waals surface area contributed by atoms with E-state index in [9.17, 15) is 0 Å². The van der Waals surface area contributed by atoms with Crippen LogP contribution in [0.15, 0.2) is 0 Å². The molecule has 76 valence electrons. The maximum absolute atomic E-state index is 8.64. The number of rotatable bonds is 4. The Hall–Kier alpha value is -0.700. The third kappa shape index (κ3) is 3.22. The molecule has 1 atom stereocenters. The predicted molar refractivity (Wildman–Crippen MR) is 56.0 cm³/mol. The van der Waals surface area contributed by atoms with Gasteiger partial charge in [0.1, 0.15) is 10.0 Å². The minimum atomic E-state index is 0.0189. The van der Waals surface area contributed by atoms with Gasteiger partial charge in [-0.25, -0.2) is 0 Å². The molecule has 0 saturated carbocycles. The Bertz CT molecular complexity index is 332. The molecule has 4 nitrogen and oxygen atoms in total. The number of nitriles is 1. The maximum Gasteiger partial charge on any atom is 0.138 e. The van der Waals surface area contributed by atoms with Crippen molar-refractivity contribution in [2.45, 2.75) is 13.5 Å². The van der Waals surface area contributed by atoms with E-state index in [4.69, 9.17) is 16.9 Å². The highest BCUT2D eigenvalue weighted by Crippen LogP contribution is 2.18. The zero-order valence-corrected chi connectivity index (χ0v) is 9.64. The highest BCUT2D eigenvalue weighted by Gasteiger charge is 2.10. The first-order valence-corrected chi connectivity index (χ1v) is 5.33. The van der Waals surface area contributed by atoms with Crippen LogP contribution < -0.4 is 0 Å². The Kier molecular flexibility index (Phi) is 4.26. The quantitative estimate of drug-likeness (QED) is 0.791. The molecule has 1 aromatic rings. The second kappa shape index (κ2) is 5.25. The summed E-state index contributed by atoms with van der Waals surface area (Å²) in [6, 6.07) is 2.18. The number of aromatic nitrogens is 2. The van der Waals surface area contributed by atoms with Crippen LogP contribution in [0.2, 0.25) is 4.34 Å². The molecule has 14 heavy (non-hydrogen) atoms. The molecule has 0 N–H and O–H groups in total. The fourth-order valence-electron chi connectivity index (χ4n) is 1.12. The van der Waals surface area contributed by atoms with E-state index in [1.54, 1.807) is 0 Å². The summed E-state index contributed by atoms with van der Waals surface area (Å²) in [7, 11) is 1.93. The third-order valence-electron chi connectivity index (χ3n) is 1.73. The minimum Gasteiger partial charge on any atom is -0.299 e. The van der Waals surface area contributed by atoms with Crippen molar-refractivity contribution in [1.29, 1.82) is 5.26 Å². The molecule has 1 aromatic heterocycles. The van der Waals surface area contributed by atoms with Gasteiger partial charge in [-0.05, 0) is 14.0 Å². The first kappa shape index (κ1) is 11.4. The summed E-state index contributed by atoms with van der Waals surface area (Å²) in [5, 5.41) is 12.5. The molecule has 0 bridgehead atoms. The van der Waals surface area contributed by atoms with Crippen LogP contribution in [0.4, 0.5) is 0 Å². The zero-order valence-electron chi connectivity index (χ0n) is 8.07. The standard InChI is InChI=1S/C8H11ClN4S/c1-6(3-10)4-13(2)5-7-8(9)14-12-11-7/h6H,4-5H2,1-2H3. The van der Waals surface area contributed by atoms with Gasteiger partial charge in [0.15, 0.2) is 0 Å². The van der Waals surface area contributed by atoms with Crippen LogP contribution >= 0.6 is 23.1 Å². The highest BCUT2D eigenvalue weighted by molar-refractivity contribution is 7.10. The summed E-state index contributed by atoms with van der Waals surface area (Å²) in [5.41, 5.74) is 0.782. The summed E-state index contributed by atoms with van der Waals surface area (Å²) in [6.45, 7) is 3.24. The molecular weight excluding hydrogens is 220 g/mol. The van der Waals surface area contributed by atoms with Gasteiger partial charge < -0.3 is 0 Å². The topological polar surface area (TPSA) is 52.8 Å². The van der Waals surface area contributed by atoms with Crippen LogP contribution in [0, 0.1) is 17.2 Å². The van der Waals surface area contributed by atoms with Gasteiger partial charge in [0.25, 0.3) is 0 Å². The van der Waals surface area contributed by atoms with Gasteiger partial charge in [-0.15, -0.1) is 5.10 Å². The second-order valence-electron chi connectivity index (χ2n) is 3.22. The summed E-state index contributed by atoms with van der Waals surface area (Å²) in [5.74, 6) is 0.0189. The van der Waals surface area contributed by atoms with E-state index in [1.807, 2.05) is 18.9 Å². The molecule has 0 amide bonds. The molecule has 0 aliphatic carbocycles. The number of nitrogens with zero attached hydrogens (tertiary/aromatic N) is 4. The normalized spacial score (nSPS) is 12.8. The summed E-state index contributed by atoms with van der Waals surface area (Å²) in [6.07, 6.45) is 0. The van der Waals surface area contributed by atoms with Gasteiger partial charge in [0.2, 0.25) is 0 Å². The van der Waals surface area contributed by atoms with E-state index >= 15 is 0 Å². The van der Waals surface area contributed by atoms with Crippen molar-refractivity contribution in [3.05, 3.63) is 10.0 Å². The van der Waals surface area contributed by atoms with Crippen molar-refractivity contribution in [2.75, 3.05) is 13.6 Å². The molecule has 0 aromatic carbocycles. The molecule has 0 saturated heterocycles. The van der Waals surface area contributed by atoms with Gasteiger partial charge >= 0.3 is 0 Å². The lowest BCUT2D eigenvalue weighted by Gasteiger charge is -2.15. The number of halogens is 1. The Morgan fingerprint density at radius 3 is 2.93 bits per heavy atom.